The van der Waals surface area contributed by atoms with Gasteiger partial charge in [-0.15, -0.1) is 11.8 Å². The van der Waals surface area contributed by atoms with E-state index in [4.69, 9.17) is 0 Å². The van der Waals surface area contributed by atoms with Gasteiger partial charge >= 0.3 is 0 Å². The fourth-order valence-corrected chi connectivity index (χ4v) is 2.93. The van der Waals surface area contributed by atoms with Gasteiger partial charge in [0, 0.05) is 17.2 Å². The molecule has 1 aromatic rings. The van der Waals surface area contributed by atoms with Crippen LogP contribution in [0.2, 0.25) is 0 Å². The van der Waals surface area contributed by atoms with E-state index in [0.717, 1.165) is 30.3 Å². The summed E-state index contributed by atoms with van der Waals surface area (Å²) < 4.78 is 13.1. The summed E-state index contributed by atoms with van der Waals surface area (Å²) in [6.07, 6.45) is -0.628. The summed E-state index contributed by atoms with van der Waals surface area (Å²) in [5.41, 5.74) is 0.680. The van der Waals surface area contributed by atoms with Gasteiger partial charge < -0.3 is 10.0 Å². The second kappa shape index (κ2) is 7.77. The van der Waals surface area contributed by atoms with Crippen molar-refractivity contribution in [2.45, 2.75) is 31.8 Å². The van der Waals surface area contributed by atoms with Crippen molar-refractivity contribution in [1.82, 2.24) is 4.90 Å². The predicted octanol–water partition coefficient (Wildman–Crippen LogP) is 3.31. The van der Waals surface area contributed by atoms with E-state index in [1.807, 2.05) is 0 Å². The van der Waals surface area contributed by atoms with E-state index >= 15 is 0 Å². The number of halogens is 1. The molecule has 0 aliphatic rings. The predicted molar refractivity (Wildman–Crippen MR) is 75.5 cm³/mol. The largest absolute Gasteiger partial charge is 0.389 e. The molecule has 0 aliphatic carbocycles. The van der Waals surface area contributed by atoms with Crippen LogP contribution in [0.25, 0.3) is 0 Å². The van der Waals surface area contributed by atoms with Crippen LogP contribution in [-0.2, 0) is 0 Å². The standard InChI is InChI=1S/C14H22FNOS/c1-4-16(5-2)8-9-18-14-7-6-12(15)10-13(14)11(3)17/h6-7,10-11,17H,4-5,8-9H2,1-3H3/t11-/m0/s1. The minimum atomic E-state index is -0.628. The number of thioether (sulfide) groups is 1. The molecule has 1 N–H and O–H groups in total. The van der Waals surface area contributed by atoms with E-state index in [2.05, 4.69) is 18.7 Å². The van der Waals surface area contributed by atoms with E-state index < -0.39 is 6.10 Å². The molecule has 102 valence electrons. The van der Waals surface area contributed by atoms with Crippen LogP contribution in [0.5, 0.6) is 0 Å². The molecule has 0 aromatic heterocycles. The SMILES string of the molecule is CCN(CC)CCSc1ccc(F)cc1[C@H](C)O. The van der Waals surface area contributed by atoms with Crippen LogP contribution in [0.4, 0.5) is 4.39 Å². The topological polar surface area (TPSA) is 23.5 Å². The minimum Gasteiger partial charge on any atom is -0.389 e. The maximum atomic E-state index is 13.1. The van der Waals surface area contributed by atoms with Crippen molar-refractivity contribution >= 4 is 11.8 Å². The van der Waals surface area contributed by atoms with Crippen LogP contribution in [0.1, 0.15) is 32.4 Å². The number of aliphatic hydroxyl groups is 1. The lowest BCUT2D eigenvalue weighted by molar-refractivity contribution is 0.196. The first kappa shape index (κ1) is 15.5. The highest BCUT2D eigenvalue weighted by Gasteiger charge is 2.10. The third-order valence-corrected chi connectivity index (χ3v) is 4.05. The number of rotatable bonds is 7. The summed E-state index contributed by atoms with van der Waals surface area (Å²) in [6.45, 7) is 9.06. The number of aliphatic hydroxyl groups excluding tert-OH is 1. The Kier molecular flexibility index (Phi) is 6.68. The Morgan fingerprint density at radius 2 is 2.00 bits per heavy atom. The highest BCUT2D eigenvalue weighted by Crippen LogP contribution is 2.28. The van der Waals surface area contributed by atoms with Crippen molar-refractivity contribution in [3.8, 4) is 0 Å². The number of benzene rings is 1. The first-order chi connectivity index (χ1) is 8.58. The normalized spacial score (nSPS) is 13.0. The van der Waals surface area contributed by atoms with Crippen molar-refractivity contribution in [2.24, 2.45) is 0 Å². The maximum absolute atomic E-state index is 13.1. The van der Waals surface area contributed by atoms with Gasteiger partial charge in [-0.05, 0) is 43.8 Å². The average molecular weight is 271 g/mol. The van der Waals surface area contributed by atoms with Gasteiger partial charge in [0.1, 0.15) is 5.82 Å². The Balaban J connectivity index is 2.61. The van der Waals surface area contributed by atoms with Crippen molar-refractivity contribution < 1.29 is 9.50 Å². The fourth-order valence-electron chi connectivity index (χ4n) is 1.80. The van der Waals surface area contributed by atoms with Gasteiger partial charge in [0.25, 0.3) is 0 Å². The number of hydrogen-bond acceptors (Lipinski definition) is 3. The first-order valence-corrected chi connectivity index (χ1v) is 7.39. The molecule has 0 radical (unpaired) electrons. The van der Waals surface area contributed by atoms with Gasteiger partial charge in [-0.3, -0.25) is 0 Å². The molecule has 4 heteroatoms. The zero-order chi connectivity index (χ0) is 13.5. The quantitative estimate of drug-likeness (QED) is 0.770. The number of nitrogens with zero attached hydrogens (tertiary/aromatic N) is 1. The second-order valence-electron chi connectivity index (χ2n) is 4.23. The van der Waals surface area contributed by atoms with Crippen molar-refractivity contribution in [3.63, 3.8) is 0 Å². The van der Waals surface area contributed by atoms with Gasteiger partial charge in [-0.25, -0.2) is 4.39 Å². The molecular formula is C14H22FNOS. The summed E-state index contributed by atoms with van der Waals surface area (Å²) in [4.78, 5) is 3.32. The summed E-state index contributed by atoms with van der Waals surface area (Å²) in [7, 11) is 0. The maximum Gasteiger partial charge on any atom is 0.123 e. The molecule has 0 saturated carbocycles. The van der Waals surface area contributed by atoms with Crippen LogP contribution in [0.15, 0.2) is 23.1 Å². The minimum absolute atomic E-state index is 0.293. The molecule has 1 rings (SSSR count). The van der Waals surface area contributed by atoms with Crippen molar-refractivity contribution in [2.75, 3.05) is 25.4 Å². The lowest BCUT2D eigenvalue weighted by Crippen LogP contribution is -2.25. The molecule has 0 fully saturated rings. The monoisotopic (exact) mass is 271 g/mol. The Morgan fingerprint density at radius 3 is 2.56 bits per heavy atom. The van der Waals surface area contributed by atoms with Crippen molar-refractivity contribution in [1.29, 1.82) is 0 Å². The average Bonchev–Trinajstić information content (AvgIpc) is 2.36. The second-order valence-corrected chi connectivity index (χ2v) is 5.37. The summed E-state index contributed by atoms with van der Waals surface area (Å²) in [5.74, 6) is 0.659. The molecule has 18 heavy (non-hydrogen) atoms. The Bertz CT molecular complexity index is 367. The third-order valence-electron chi connectivity index (χ3n) is 2.98. The molecule has 1 aromatic carbocycles. The summed E-state index contributed by atoms with van der Waals surface area (Å²) in [5, 5.41) is 9.64. The van der Waals surface area contributed by atoms with Crippen LogP contribution in [0, 0.1) is 5.82 Å². The zero-order valence-electron chi connectivity index (χ0n) is 11.3. The fraction of sp³-hybridized carbons (Fsp3) is 0.571. The Morgan fingerprint density at radius 1 is 1.33 bits per heavy atom. The summed E-state index contributed by atoms with van der Waals surface area (Å²) in [6, 6.07) is 4.63. The lowest BCUT2D eigenvalue weighted by Gasteiger charge is -2.18. The molecule has 0 amide bonds. The van der Waals surface area contributed by atoms with Gasteiger partial charge in [0.15, 0.2) is 0 Å². The lowest BCUT2D eigenvalue weighted by atomic mass is 10.1. The first-order valence-electron chi connectivity index (χ1n) is 6.41. The highest BCUT2D eigenvalue weighted by atomic mass is 32.2. The van der Waals surface area contributed by atoms with E-state index in [1.54, 1.807) is 24.8 Å². The summed E-state index contributed by atoms with van der Waals surface area (Å²) >= 11 is 1.67. The molecule has 0 unspecified atom stereocenters. The molecular weight excluding hydrogens is 249 g/mol. The molecule has 2 nitrogen and oxygen atoms in total. The van der Waals surface area contributed by atoms with Gasteiger partial charge in [0.05, 0.1) is 6.10 Å². The Labute approximate surface area is 113 Å². The smallest absolute Gasteiger partial charge is 0.123 e. The molecule has 0 bridgehead atoms. The van der Waals surface area contributed by atoms with E-state index in [-0.39, 0.29) is 5.82 Å². The molecule has 0 heterocycles. The van der Waals surface area contributed by atoms with Crippen LogP contribution < -0.4 is 0 Å². The number of hydrogen-bond donors (Lipinski definition) is 1. The van der Waals surface area contributed by atoms with Crippen LogP contribution in [-0.4, -0.2) is 35.4 Å². The van der Waals surface area contributed by atoms with E-state index in [0.29, 0.717) is 5.56 Å². The van der Waals surface area contributed by atoms with Crippen LogP contribution >= 0.6 is 11.8 Å². The van der Waals surface area contributed by atoms with Gasteiger partial charge in [0.2, 0.25) is 0 Å². The van der Waals surface area contributed by atoms with Gasteiger partial charge in [-0.2, -0.15) is 0 Å². The van der Waals surface area contributed by atoms with E-state index in [1.165, 1.54) is 12.1 Å². The molecule has 0 aliphatic heterocycles. The molecule has 0 saturated heterocycles. The zero-order valence-corrected chi connectivity index (χ0v) is 12.1. The molecule has 0 spiro atoms. The molecule has 1 atom stereocenters. The third kappa shape index (κ3) is 4.59. The highest BCUT2D eigenvalue weighted by molar-refractivity contribution is 7.99. The van der Waals surface area contributed by atoms with Gasteiger partial charge in [-0.1, -0.05) is 13.8 Å². The van der Waals surface area contributed by atoms with E-state index in [9.17, 15) is 9.50 Å². The van der Waals surface area contributed by atoms with Crippen LogP contribution in [0.3, 0.4) is 0 Å². The van der Waals surface area contributed by atoms with Crippen molar-refractivity contribution in [3.05, 3.63) is 29.6 Å². The Hall–Kier alpha value is -0.580.